The summed E-state index contributed by atoms with van der Waals surface area (Å²) in [4.78, 5) is 29.0. The lowest BCUT2D eigenvalue weighted by molar-refractivity contribution is -0.140. The summed E-state index contributed by atoms with van der Waals surface area (Å²) < 4.78 is 34.4. The maximum atomic E-state index is 14.1. The number of amides is 2. The van der Waals surface area contributed by atoms with Gasteiger partial charge in [-0.25, -0.2) is 8.42 Å². The van der Waals surface area contributed by atoms with Gasteiger partial charge < -0.3 is 15.0 Å². The van der Waals surface area contributed by atoms with E-state index in [1.807, 2.05) is 27.7 Å². The van der Waals surface area contributed by atoms with E-state index in [1.165, 1.54) is 24.1 Å². The largest absolute Gasteiger partial charge is 0.497 e. The van der Waals surface area contributed by atoms with Crippen LogP contribution in [-0.4, -0.2) is 50.9 Å². The summed E-state index contributed by atoms with van der Waals surface area (Å²) in [7, 11) is -2.68. The fourth-order valence-electron chi connectivity index (χ4n) is 4.28. The van der Waals surface area contributed by atoms with Crippen LogP contribution in [0.15, 0.2) is 77.7 Å². The second kappa shape index (κ2) is 14.4. The highest BCUT2D eigenvalue weighted by atomic mass is 35.5. The van der Waals surface area contributed by atoms with Crippen molar-refractivity contribution in [3.63, 3.8) is 0 Å². The van der Waals surface area contributed by atoms with E-state index in [0.29, 0.717) is 17.2 Å². The molecule has 0 saturated carbocycles. The SMILES string of the molecule is CC[C@H](C)NC(=O)[C@H](CC)N(Cc1ccc(Cl)cc1)C(=O)CN(c1cccc(OC)c1)S(=O)(=O)c1ccc(C)cc1. The van der Waals surface area contributed by atoms with E-state index in [2.05, 4.69) is 5.32 Å². The van der Waals surface area contributed by atoms with Crippen LogP contribution >= 0.6 is 11.6 Å². The summed E-state index contributed by atoms with van der Waals surface area (Å²) in [5.41, 5.74) is 1.92. The van der Waals surface area contributed by atoms with E-state index < -0.39 is 28.5 Å². The smallest absolute Gasteiger partial charge is 0.264 e. The summed E-state index contributed by atoms with van der Waals surface area (Å²) in [6, 6.07) is 19.1. The van der Waals surface area contributed by atoms with Crippen molar-refractivity contribution in [2.75, 3.05) is 18.0 Å². The molecule has 0 spiro atoms. The topological polar surface area (TPSA) is 96.0 Å². The van der Waals surface area contributed by atoms with E-state index >= 15 is 0 Å². The number of benzene rings is 3. The molecule has 3 aromatic rings. The van der Waals surface area contributed by atoms with Crippen LogP contribution in [0, 0.1) is 6.92 Å². The molecule has 8 nitrogen and oxygen atoms in total. The number of carbonyl (C=O) groups is 2. The quantitative estimate of drug-likeness (QED) is 0.277. The Morgan fingerprint density at radius 2 is 1.63 bits per heavy atom. The third-order valence-electron chi connectivity index (χ3n) is 6.88. The zero-order chi connectivity index (χ0) is 30.2. The summed E-state index contributed by atoms with van der Waals surface area (Å²) >= 11 is 6.08. The van der Waals surface area contributed by atoms with Gasteiger partial charge in [-0.1, -0.05) is 61.3 Å². The van der Waals surface area contributed by atoms with E-state index in [4.69, 9.17) is 16.3 Å². The van der Waals surface area contributed by atoms with Gasteiger partial charge in [0, 0.05) is 23.7 Å². The molecule has 3 rings (SSSR count). The molecular weight excluding hydrogens is 562 g/mol. The average Bonchev–Trinajstić information content (AvgIpc) is 2.96. The summed E-state index contributed by atoms with van der Waals surface area (Å²) in [6.45, 7) is 7.12. The van der Waals surface area contributed by atoms with Crippen LogP contribution in [0.4, 0.5) is 5.69 Å². The predicted molar refractivity (Wildman–Crippen MR) is 163 cm³/mol. The first kappa shape index (κ1) is 32.0. The van der Waals surface area contributed by atoms with Gasteiger partial charge in [-0.05, 0) is 68.7 Å². The number of halogens is 1. The maximum absolute atomic E-state index is 14.1. The molecule has 0 saturated heterocycles. The zero-order valence-corrected chi connectivity index (χ0v) is 25.7. The normalized spacial score (nSPS) is 12.7. The minimum atomic E-state index is -4.17. The Kier molecular flexibility index (Phi) is 11.2. The van der Waals surface area contributed by atoms with Gasteiger partial charge in [0.1, 0.15) is 18.3 Å². The van der Waals surface area contributed by atoms with E-state index in [-0.39, 0.29) is 29.1 Å². The number of anilines is 1. The Bertz CT molecular complexity index is 1430. The number of nitrogens with zero attached hydrogens (tertiary/aromatic N) is 2. The maximum Gasteiger partial charge on any atom is 0.264 e. The molecule has 0 aliphatic rings. The Balaban J connectivity index is 2.07. The molecule has 0 heterocycles. The van der Waals surface area contributed by atoms with Gasteiger partial charge in [0.2, 0.25) is 11.8 Å². The molecule has 41 heavy (non-hydrogen) atoms. The second-order valence-corrected chi connectivity index (χ2v) is 12.2. The number of rotatable bonds is 13. The summed E-state index contributed by atoms with van der Waals surface area (Å²) in [5, 5.41) is 3.51. The molecule has 0 aliphatic heterocycles. The first-order valence-corrected chi connectivity index (χ1v) is 15.4. The van der Waals surface area contributed by atoms with Crippen LogP contribution in [0.2, 0.25) is 5.02 Å². The number of hydrogen-bond acceptors (Lipinski definition) is 5. The van der Waals surface area contributed by atoms with Crippen molar-refractivity contribution >= 4 is 39.1 Å². The lowest BCUT2D eigenvalue weighted by Gasteiger charge is -2.33. The molecule has 0 fully saturated rings. The molecule has 0 aliphatic carbocycles. The fraction of sp³-hybridized carbons (Fsp3) is 0.355. The van der Waals surface area contributed by atoms with Gasteiger partial charge >= 0.3 is 0 Å². The first-order valence-electron chi connectivity index (χ1n) is 13.6. The Morgan fingerprint density at radius 1 is 0.976 bits per heavy atom. The molecule has 220 valence electrons. The number of hydrogen-bond donors (Lipinski definition) is 1. The number of sulfonamides is 1. The summed E-state index contributed by atoms with van der Waals surface area (Å²) in [5.74, 6) is -0.375. The van der Waals surface area contributed by atoms with E-state index in [1.54, 1.807) is 60.7 Å². The molecule has 0 radical (unpaired) electrons. The van der Waals surface area contributed by atoms with E-state index in [0.717, 1.165) is 21.9 Å². The Labute approximate surface area is 248 Å². The van der Waals surface area contributed by atoms with Gasteiger partial charge in [-0.2, -0.15) is 0 Å². The van der Waals surface area contributed by atoms with Crippen LogP contribution in [0.5, 0.6) is 5.75 Å². The highest BCUT2D eigenvalue weighted by Gasteiger charge is 2.34. The molecule has 2 atom stereocenters. The number of carbonyl (C=O) groups excluding carboxylic acids is 2. The fourth-order valence-corrected chi connectivity index (χ4v) is 5.81. The zero-order valence-electron chi connectivity index (χ0n) is 24.1. The van der Waals surface area contributed by atoms with Gasteiger partial charge in [0.15, 0.2) is 0 Å². The van der Waals surface area contributed by atoms with Crippen LogP contribution in [-0.2, 0) is 26.2 Å². The molecule has 3 aromatic carbocycles. The third kappa shape index (κ3) is 8.24. The number of ether oxygens (including phenoxy) is 1. The number of aryl methyl sites for hydroxylation is 1. The first-order chi connectivity index (χ1) is 19.5. The molecule has 0 aromatic heterocycles. The van der Waals surface area contributed by atoms with Crippen molar-refractivity contribution in [1.82, 2.24) is 10.2 Å². The molecule has 2 amide bonds. The molecule has 10 heteroatoms. The van der Waals surface area contributed by atoms with Gasteiger partial charge in [-0.15, -0.1) is 0 Å². The molecule has 0 bridgehead atoms. The van der Waals surface area contributed by atoms with Crippen LogP contribution in [0.3, 0.4) is 0 Å². The van der Waals surface area contributed by atoms with E-state index in [9.17, 15) is 18.0 Å². The lowest BCUT2D eigenvalue weighted by atomic mass is 10.1. The predicted octanol–water partition coefficient (Wildman–Crippen LogP) is 5.57. The van der Waals surface area contributed by atoms with Crippen molar-refractivity contribution in [2.24, 2.45) is 0 Å². The second-order valence-electron chi connectivity index (χ2n) is 9.92. The standard InChI is InChI=1S/C31H38ClN3O5S/c1-6-23(4)33-31(37)29(7-2)34(20-24-13-15-25(32)16-14-24)30(36)21-35(26-9-8-10-27(19-26)40-5)41(38,39)28-17-11-22(3)12-18-28/h8-19,23,29H,6-7,20-21H2,1-5H3,(H,33,37)/t23-,29-/m0/s1. The van der Waals surface area contributed by atoms with Crippen LogP contribution < -0.4 is 14.4 Å². The van der Waals surface area contributed by atoms with Crippen molar-refractivity contribution in [2.45, 2.75) is 64.1 Å². The van der Waals surface area contributed by atoms with Crippen LogP contribution in [0.25, 0.3) is 0 Å². The van der Waals surface area contributed by atoms with Crippen LogP contribution in [0.1, 0.15) is 44.7 Å². The van der Waals surface area contributed by atoms with Crippen molar-refractivity contribution in [3.8, 4) is 5.75 Å². The highest BCUT2D eigenvalue weighted by Crippen LogP contribution is 2.28. The lowest BCUT2D eigenvalue weighted by Crippen LogP contribution is -2.53. The third-order valence-corrected chi connectivity index (χ3v) is 8.92. The minimum absolute atomic E-state index is 0.0459. The molecule has 0 unspecified atom stereocenters. The highest BCUT2D eigenvalue weighted by molar-refractivity contribution is 7.92. The average molecular weight is 600 g/mol. The number of methoxy groups -OCH3 is 1. The monoisotopic (exact) mass is 599 g/mol. The molecular formula is C31H38ClN3O5S. The van der Waals surface area contributed by atoms with Gasteiger partial charge in [0.05, 0.1) is 17.7 Å². The number of nitrogens with one attached hydrogen (secondary N) is 1. The minimum Gasteiger partial charge on any atom is -0.497 e. The van der Waals surface area contributed by atoms with Crippen molar-refractivity contribution in [1.29, 1.82) is 0 Å². The van der Waals surface area contributed by atoms with Gasteiger partial charge in [-0.3, -0.25) is 13.9 Å². The Hall–Kier alpha value is -3.56. The van der Waals surface area contributed by atoms with Crippen molar-refractivity contribution < 1.29 is 22.7 Å². The van der Waals surface area contributed by atoms with Gasteiger partial charge in [0.25, 0.3) is 10.0 Å². The summed E-state index contributed by atoms with van der Waals surface area (Å²) in [6.07, 6.45) is 1.07. The molecule has 1 N–H and O–H groups in total. The van der Waals surface area contributed by atoms with Crippen molar-refractivity contribution in [3.05, 3.63) is 88.9 Å². The Morgan fingerprint density at radius 3 is 2.22 bits per heavy atom.